The molecule has 0 aliphatic carbocycles. The van der Waals surface area contributed by atoms with Crippen molar-refractivity contribution in [2.24, 2.45) is 17.1 Å². The zero-order valence-electron chi connectivity index (χ0n) is 15.0. The van der Waals surface area contributed by atoms with Crippen molar-refractivity contribution in [3.63, 3.8) is 0 Å². The molecule has 126 valence electrons. The van der Waals surface area contributed by atoms with Gasteiger partial charge in [-0.25, -0.2) is 0 Å². The molecule has 0 aromatic carbocycles. The van der Waals surface area contributed by atoms with E-state index in [4.69, 9.17) is 5.73 Å². The number of hydrogen-bond donors (Lipinski definition) is 2. The van der Waals surface area contributed by atoms with Crippen molar-refractivity contribution in [2.75, 3.05) is 27.2 Å². The van der Waals surface area contributed by atoms with Gasteiger partial charge in [0.05, 0.1) is 0 Å². The van der Waals surface area contributed by atoms with E-state index in [-0.39, 0.29) is 11.3 Å². The fourth-order valence-corrected chi connectivity index (χ4v) is 2.88. The number of rotatable bonds is 11. The van der Waals surface area contributed by atoms with Gasteiger partial charge in [0.1, 0.15) is 0 Å². The van der Waals surface area contributed by atoms with Gasteiger partial charge in [0.25, 0.3) is 0 Å². The third-order valence-electron chi connectivity index (χ3n) is 4.61. The van der Waals surface area contributed by atoms with Crippen LogP contribution in [0.4, 0.5) is 0 Å². The van der Waals surface area contributed by atoms with Crippen LogP contribution in [0, 0.1) is 11.3 Å². The van der Waals surface area contributed by atoms with Gasteiger partial charge in [-0.1, -0.05) is 40.5 Å². The second-order valence-corrected chi connectivity index (χ2v) is 7.11. The van der Waals surface area contributed by atoms with Crippen LogP contribution in [0.3, 0.4) is 0 Å². The molecule has 0 aromatic heterocycles. The monoisotopic (exact) mass is 299 g/mol. The van der Waals surface area contributed by atoms with Gasteiger partial charge in [0.15, 0.2) is 0 Å². The van der Waals surface area contributed by atoms with E-state index >= 15 is 0 Å². The van der Waals surface area contributed by atoms with E-state index in [1.807, 2.05) is 0 Å². The van der Waals surface area contributed by atoms with E-state index in [2.05, 4.69) is 52.0 Å². The molecule has 4 heteroatoms. The lowest BCUT2D eigenvalue weighted by molar-refractivity contribution is -0.122. The first-order valence-electron chi connectivity index (χ1n) is 8.40. The SMILES string of the molecule is CCC(CC)C(CNC(=O)CCC(C)(C)CCN)N(C)C. The van der Waals surface area contributed by atoms with Crippen LogP contribution < -0.4 is 11.1 Å². The third-order valence-corrected chi connectivity index (χ3v) is 4.61. The first-order chi connectivity index (χ1) is 9.77. The molecular weight excluding hydrogens is 262 g/mol. The maximum atomic E-state index is 12.1. The van der Waals surface area contributed by atoms with Crippen LogP contribution in [0.5, 0.6) is 0 Å². The minimum Gasteiger partial charge on any atom is -0.355 e. The smallest absolute Gasteiger partial charge is 0.220 e. The molecule has 0 bridgehead atoms. The van der Waals surface area contributed by atoms with E-state index in [0.717, 1.165) is 32.2 Å². The zero-order chi connectivity index (χ0) is 16.5. The Morgan fingerprint density at radius 2 is 1.76 bits per heavy atom. The summed E-state index contributed by atoms with van der Waals surface area (Å²) in [5.74, 6) is 0.798. The summed E-state index contributed by atoms with van der Waals surface area (Å²) in [5.41, 5.74) is 5.77. The van der Waals surface area contributed by atoms with Crippen LogP contribution >= 0.6 is 0 Å². The topological polar surface area (TPSA) is 58.4 Å². The highest BCUT2D eigenvalue weighted by molar-refractivity contribution is 5.75. The highest BCUT2D eigenvalue weighted by Gasteiger charge is 2.22. The highest BCUT2D eigenvalue weighted by atomic mass is 16.1. The molecule has 0 heterocycles. The fourth-order valence-electron chi connectivity index (χ4n) is 2.88. The minimum absolute atomic E-state index is 0.155. The molecule has 1 amide bonds. The van der Waals surface area contributed by atoms with Crippen molar-refractivity contribution in [3.05, 3.63) is 0 Å². The van der Waals surface area contributed by atoms with Gasteiger partial charge < -0.3 is 16.0 Å². The van der Waals surface area contributed by atoms with Gasteiger partial charge in [0.2, 0.25) is 5.91 Å². The van der Waals surface area contributed by atoms with Gasteiger partial charge in [0, 0.05) is 19.0 Å². The molecule has 0 spiro atoms. The van der Waals surface area contributed by atoms with E-state index in [0.29, 0.717) is 24.9 Å². The molecule has 0 aliphatic heterocycles. The average molecular weight is 300 g/mol. The summed E-state index contributed by atoms with van der Waals surface area (Å²) in [6, 6.07) is 0.418. The number of nitrogens with two attached hydrogens (primary N) is 1. The van der Waals surface area contributed by atoms with Crippen LogP contribution in [0.2, 0.25) is 0 Å². The summed E-state index contributed by atoms with van der Waals surface area (Å²) in [4.78, 5) is 14.3. The van der Waals surface area contributed by atoms with Gasteiger partial charge in [-0.15, -0.1) is 0 Å². The Labute approximate surface area is 131 Å². The van der Waals surface area contributed by atoms with Crippen molar-refractivity contribution < 1.29 is 4.79 Å². The molecule has 0 saturated carbocycles. The van der Waals surface area contributed by atoms with Gasteiger partial charge in [-0.2, -0.15) is 0 Å². The Morgan fingerprint density at radius 1 is 1.19 bits per heavy atom. The lowest BCUT2D eigenvalue weighted by Crippen LogP contribution is -2.44. The van der Waals surface area contributed by atoms with Crippen molar-refractivity contribution >= 4 is 5.91 Å². The van der Waals surface area contributed by atoms with Crippen molar-refractivity contribution in [1.82, 2.24) is 10.2 Å². The van der Waals surface area contributed by atoms with E-state index in [9.17, 15) is 4.79 Å². The Morgan fingerprint density at radius 3 is 2.19 bits per heavy atom. The molecule has 0 radical (unpaired) electrons. The molecule has 1 unspecified atom stereocenters. The minimum atomic E-state index is 0.155. The maximum absolute atomic E-state index is 12.1. The summed E-state index contributed by atoms with van der Waals surface area (Å²) >= 11 is 0. The van der Waals surface area contributed by atoms with Crippen LogP contribution in [0.25, 0.3) is 0 Å². The average Bonchev–Trinajstić information content (AvgIpc) is 2.40. The van der Waals surface area contributed by atoms with Crippen LogP contribution in [-0.2, 0) is 4.79 Å². The Hall–Kier alpha value is -0.610. The van der Waals surface area contributed by atoms with Crippen molar-refractivity contribution in [2.45, 2.75) is 65.8 Å². The first-order valence-corrected chi connectivity index (χ1v) is 8.40. The number of amides is 1. The van der Waals surface area contributed by atoms with Gasteiger partial charge >= 0.3 is 0 Å². The number of likely N-dealkylation sites (N-methyl/N-ethyl adjacent to an activating group) is 1. The predicted octanol–water partition coefficient (Wildman–Crippen LogP) is 2.62. The van der Waals surface area contributed by atoms with E-state index in [1.165, 1.54) is 0 Å². The molecule has 0 saturated heterocycles. The van der Waals surface area contributed by atoms with Crippen LogP contribution in [-0.4, -0.2) is 44.0 Å². The molecule has 0 fully saturated rings. The van der Waals surface area contributed by atoms with Crippen molar-refractivity contribution in [3.8, 4) is 0 Å². The zero-order valence-corrected chi connectivity index (χ0v) is 15.0. The highest BCUT2D eigenvalue weighted by Crippen LogP contribution is 2.25. The van der Waals surface area contributed by atoms with E-state index < -0.39 is 0 Å². The molecule has 4 nitrogen and oxygen atoms in total. The standard InChI is InChI=1S/C17H37N3O/c1-7-14(8-2)15(20(5)6)13-19-16(21)9-10-17(3,4)11-12-18/h14-15H,7-13,18H2,1-6H3,(H,19,21). The second-order valence-electron chi connectivity index (χ2n) is 7.11. The number of nitrogens with one attached hydrogen (secondary N) is 1. The second kappa shape index (κ2) is 10.2. The molecule has 0 aliphatic rings. The van der Waals surface area contributed by atoms with Gasteiger partial charge in [-0.05, 0) is 44.8 Å². The molecule has 0 rings (SSSR count). The van der Waals surface area contributed by atoms with Crippen LogP contribution in [0.1, 0.15) is 59.8 Å². The van der Waals surface area contributed by atoms with Crippen molar-refractivity contribution in [1.29, 1.82) is 0 Å². The number of carbonyl (C=O) groups is 1. The summed E-state index contributed by atoms with van der Waals surface area (Å²) in [7, 11) is 4.19. The normalized spacial score (nSPS) is 13.8. The maximum Gasteiger partial charge on any atom is 0.220 e. The predicted molar refractivity (Wildman–Crippen MR) is 91.2 cm³/mol. The molecule has 0 aromatic rings. The Bertz CT molecular complexity index is 286. The lowest BCUT2D eigenvalue weighted by Gasteiger charge is -2.31. The number of nitrogens with zero attached hydrogens (tertiary/aromatic N) is 1. The number of carbonyl (C=O) groups excluding carboxylic acids is 1. The third kappa shape index (κ3) is 8.42. The first kappa shape index (κ1) is 20.4. The molecule has 21 heavy (non-hydrogen) atoms. The van der Waals surface area contributed by atoms with Crippen LogP contribution in [0.15, 0.2) is 0 Å². The largest absolute Gasteiger partial charge is 0.355 e. The number of hydrogen-bond acceptors (Lipinski definition) is 3. The molecule has 3 N–H and O–H groups in total. The summed E-state index contributed by atoms with van der Waals surface area (Å²) < 4.78 is 0. The molecular formula is C17H37N3O. The fraction of sp³-hybridized carbons (Fsp3) is 0.941. The lowest BCUT2D eigenvalue weighted by atomic mass is 9.84. The summed E-state index contributed by atoms with van der Waals surface area (Å²) in [6.07, 6.45) is 4.76. The summed E-state index contributed by atoms with van der Waals surface area (Å²) in [6.45, 7) is 10.2. The summed E-state index contributed by atoms with van der Waals surface area (Å²) in [5, 5.41) is 3.12. The Kier molecular flexibility index (Phi) is 9.88. The quantitative estimate of drug-likeness (QED) is 0.616. The van der Waals surface area contributed by atoms with Gasteiger partial charge in [-0.3, -0.25) is 4.79 Å². The molecule has 1 atom stereocenters. The van der Waals surface area contributed by atoms with E-state index in [1.54, 1.807) is 0 Å². The Balaban J connectivity index is 4.26.